The molecule has 0 spiro atoms. The Kier molecular flexibility index (Phi) is 4.03. The minimum atomic E-state index is 0.571. The Morgan fingerprint density at radius 2 is 2.12 bits per heavy atom. The molecule has 0 bridgehead atoms. The first-order valence-corrected chi connectivity index (χ1v) is 6.87. The van der Waals surface area contributed by atoms with Gasteiger partial charge in [0.25, 0.3) is 0 Å². The van der Waals surface area contributed by atoms with Crippen LogP contribution in [0.15, 0.2) is 15.0 Å². The van der Waals surface area contributed by atoms with Crippen LogP contribution in [0.1, 0.15) is 18.2 Å². The molecule has 0 aliphatic rings. The molecule has 1 N–H and O–H groups in total. The first kappa shape index (κ1) is 13.2. The molecule has 0 amide bonds. The second-order valence-electron chi connectivity index (χ2n) is 3.79. The number of halogens is 3. The summed E-state index contributed by atoms with van der Waals surface area (Å²) in [5.74, 6) is 0.878. The van der Waals surface area contributed by atoms with E-state index in [0.717, 1.165) is 27.7 Å². The predicted octanol–water partition coefficient (Wildman–Crippen LogP) is 4.92. The molecule has 0 unspecified atom stereocenters. The van der Waals surface area contributed by atoms with Crippen molar-refractivity contribution in [2.45, 2.75) is 20.4 Å². The largest absolute Gasteiger partial charge is 0.458 e. The lowest BCUT2D eigenvalue weighted by Crippen LogP contribution is -2.11. The molecule has 1 aromatic heterocycles. The van der Waals surface area contributed by atoms with E-state index < -0.39 is 0 Å². The Labute approximate surface area is 118 Å². The molecule has 0 saturated heterocycles. The van der Waals surface area contributed by atoms with Gasteiger partial charge in [-0.05, 0) is 35.5 Å². The Balaban J connectivity index is 2.65. The SMILES string of the molecule is CCNCc1oc2c(Cl)cc(Br)c(Cl)c2c1C. The van der Waals surface area contributed by atoms with E-state index in [1.54, 1.807) is 6.07 Å². The average molecular weight is 337 g/mol. The van der Waals surface area contributed by atoms with Crippen molar-refractivity contribution < 1.29 is 4.42 Å². The Morgan fingerprint density at radius 1 is 1.41 bits per heavy atom. The van der Waals surface area contributed by atoms with Crippen LogP contribution in [0.4, 0.5) is 0 Å². The standard InChI is InChI=1S/C12H12BrCl2NO/c1-3-16-5-9-6(2)10-11(15)7(13)4-8(14)12(10)17-9/h4,16H,3,5H2,1-2H3. The minimum Gasteiger partial charge on any atom is -0.458 e. The number of hydrogen-bond acceptors (Lipinski definition) is 2. The summed E-state index contributed by atoms with van der Waals surface area (Å²) in [5.41, 5.74) is 1.69. The molecular formula is C12H12BrCl2NO. The van der Waals surface area contributed by atoms with Gasteiger partial charge in [-0.25, -0.2) is 0 Å². The van der Waals surface area contributed by atoms with E-state index in [1.807, 2.05) is 6.92 Å². The van der Waals surface area contributed by atoms with Gasteiger partial charge in [0.2, 0.25) is 0 Å². The van der Waals surface area contributed by atoms with Crippen LogP contribution in [0.2, 0.25) is 10.0 Å². The van der Waals surface area contributed by atoms with E-state index in [1.165, 1.54) is 0 Å². The third-order valence-electron chi connectivity index (χ3n) is 2.68. The number of benzene rings is 1. The molecule has 0 aliphatic carbocycles. The monoisotopic (exact) mass is 335 g/mol. The molecule has 0 aliphatic heterocycles. The summed E-state index contributed by atoms with van der Waals surface area (Å²) in [6, 6.07) is 1.76. The number of fused-ring (bicyclic) bond motifs is 1. The van der Waals surface area contributed by atoms with Crippen molar-refractivity contribution in [1.29, 1.82) is 0 Å². The highest BCUT2D eigenvalue weighted by molar-refractivity contribution is 9.10. The predicted molar refractivity (Wildman–Crippen MR) is 76.1 cm³/mol. The van der Waals surface area contributed by atoms with E-state index >= 15 is 0 Å². The third kappa shape index (κ3) is 2.34. The lowest BCUT2D eigenvalue weighted by molar-refractivity contribution is 0.516. The van der Waals surface area contributed by atoms with Gasteiger partial charge >= 0.3 is 0 Å². The number of aryl methyl sites for hydroxylation is 1. The van der Waals surface area contributed by atoms with Gasteiger partial charge in [0.15, 0.2) is 5.58 Å². The molecule has 0 atom stereocenters. The Hall–Kier alpha value is -0.220. The van der Waals surface area contributed by atoms with Gasteiger partial charge in [-0.15, -0.1) is 0 Å². The molecule has 2 nitrogen and oxygen atoms in total. The van der Waals surface area contributed by atoms with Gasteiger partial charge in [0.05, 0.1) is 16.6 Å². The summed E-state index contributed by atoms with van der Waals surface area (Å²) in [7, 11) is 0. The van der Waals surface area contributed by atoms with Crippen LogP contribution < -0.4 is 5.32 Å². The lowest BCUT2D eigenvalue weighted by Gasteiger charge is -2.00. The van der Waals surface area contributed by atoms with Gasteiger partial charge in [-0.3, -0.25) is 0 Å². The summed E-state index contributed by atoms with van der Waals surface area (Å²) in [4.78, 5) is 0. The Bertz CT molecular complexity index is 565. The second kappa shape index (κ2) is 5.19. The van der Waals surface area contributed by atoms with E-state index in [2.05, 4.69) is 28.2 Å². The van der Waals surface area contributed by atoms with Gasteiger partial charge in [0.1, 0.15) is 5.76 Å². The highest BCUT2D eigenvalue weighted by atomic mass is 79.9. The smallest absolute Gasteiger partial charge is 0.154 e. The summed E-state index contributed by atoms with van der Waals surface area (Å²) in [5, 5.41) is 5.33. The van der Waals surface area contributed by atoms with E-state index in [9.17, 15) is 0 Å². The van der Waals surface area contributed by atoms with Crippen molar-refractivity contribution in [3.63, 3.8) is 0 Å². The highest BCUT2D eigenvalue weighted by Crippen LogP contribution is 2.40. The average Bonchev–Trinajstić information content (AvgIpc) is 2.62. The van der Waals surface area contributed by atoms with Crippen LogP contribution in [0.3, 0.4) is 0 Å². The number of nitrogens with one attached hydrogen (secondary N) is 1. The topological polar surface area (TPSA) is 25.2 Å². The summed E-state index contributed by atoms with van der Waals surface area (Å²) >= 11 is 15.8. The second-order valence-corrected chi connectivity index (χ2v) is 5.43. The first-order valence-electron chi connectivity index (χ1n) is 5.32. The molecule has 1 heterocycles. The van der Waals surface area contributed by atoms with Gasteiger partial charge < -0.3 is 9.73 Å². The van der Waals surface area contributed by atoms with Crippen LogP contribution in [0, 0.1) is 6.92 Å². The molecular weight excluding hydrogens is 325 g/mol. The van der Waals surface area contributed by atoms with Crippen molar-refractivity contribution in [2.75, 3.05) is 6.54 Å². The minimum absolute atomic E-state index is 0.571. The van der Waals surface area contributed by atoms with Crippen molar-refractivity contribution >= 4 is 50.1 Å². The molecule has 0 saturated carbocycles. The zero-order valence-electron chi connectivity index (χ0n) is 9.53. The summed E-state index contributed by atoms with van der Waals surface area (Å²) in [6.07, 6.45) is 0. The highest BCUT2D eigenvalue weighted by Gasteiger charge is 2.17. The first-order chi connectivity index (χ1) is 8.06. The third-order valence-corrected chi connectivity index (χ3v) is 4.21. The molecule has 0 fully saturated rings. The normalized spacial score (nSPS) is 11.4. The molecule has 2 aromatic rings. The van der Waals surface area contributed by atoms with Crippen LogP contribution in [-0.2, 0) is 6.54 Å². The molecule has 1 aromatic carbocycles. The number of furan rings is 1. The van der Waals surface area contributed by atoms with E-state index in [-0.39, 0.29) is 0 Å². The summed E-state index contributed by atoms with van der Waals surface area (Å²) < 4.78 is 6.56. The Morgan fingerprint density at radius 3 is 2.76 bits per heavy atom. The maximum absolute atomic E-state index is 6.26. The summed E-state index contributed by atoms with van der Waals surface area (Å²) in [6.45, 7) is 5.62. The number of hydrogen-bond donors (Lipinski definition) is 1. The van der Waals surface area contributed by atoms with Gasteiger partial charge in [-0.2, -0.15) is 0 Å². The molecule has 92 valence electrons. The van der Waals surface area contributed by atoms with Crippen molar-refractivity contribution in [3.05, 3.63) is 31.9 Å². The van der Waals surface area contributed by atoms with Crippen LogP contribution in [0.5, 0.6) is 0 Å². The zero-order chi connectivity index (χ0) is 12.6. The van der Waals surface area contributed by atoms with Gasteiger partial charge in [-0.1, -0.05) is 30.1 Å². The van der Waals surface area contributed by atoms with E-state index in [4.69, 9.17) is 27.6 Å². The van der Waals surface area contributed by atoms with Gasteiger partial charge in [0, 0.05) is 15.4 Å². The van der Waals surface area contributed by atoms with Crippen LogP contribution in [-0.4, -0.2) is 6.54 Å². The fourth-order valence-corrected chi connectivity index (χ4v) is 2.84. The number of rotatable bonds is 3. The van der Waals surface area contributed by atoms with Crippen LogP contribution in [0.25, 0.3) is 11.0 Å². The molecule has 2 rings (SSSR count). The maximum Gasteiger partial charge on any atom is 0.154 e. The van der Waals surface area contributed by atoms with Crippen LogP contribution >= 0.6 is 39.1 Å². The fraction of sp³-hybridized carbons (Fsp3) is 0.333. The lowest BCUT2D eigenvalue weighted by atomic mass is 10.1. The molecule has 0 radical (unpaired) electrons. The van der Waals surface area contributed by atoms with Crippen molar-refractivity contribution in [2.24, 2.45) is 0 Å². The fourth-order valence-electron chi connectivity index (χ4n) is 1.76. The molecule has 17 heavy (non-hydrogen) atoms. The van der Waals surface area contributed by atoms with Crippen molar-refractivity contribution in [1.82, 2.24) is 5.32 Å². The quantitative estimate of drug-likeness (QED) is 0.805. The zero-order valence-corrected chi connectivity index (χ0v) is 12.6. The molecule has 5 heteroatoms. The van der Waals surface area contributed by atoms with E-state index in [0.29, 0.717) is 22.2 Å². The maximum atomic E-state index is 6.26. The van der Waals surface area contributed by atoms with Crippen molar-refractivity contribution in [3.8, 4) is 0 Å².